The minimum Gasteiger partial charge on any atom is -0.496 e. The summed E-state index contributed by atoms with van der Waals surface area (Å²) in [5.41, 5.74) is 8.08. The lowest BCUT2D eigenvalue weighted by atomic mass is 10.0. The summed E-state index contributed by atoms with van der Waals surface area (Å²) in [5.74, 6) is 0.866. The molecular formula is C13H19Cl2N3O. The average molecular weight is 304 g/mol. The van der Waals surface area contributed by atoms with Crippen LogP contribution in [0.2, 0.25) is 0 Å². The first kappa shape index (κ1) is 17.8. The molecule has 0 fully saturated rings. The first-order chi connectivity index (χ1) is 8.20. The molecule has 0 aliphatic heterocycles. The molecule has 19 heavy (non-hydrogen) atoms. The standard InChI is InChI=1S/C13H17N3O.2ClH/c1-10(14)11-4-5-13(17-2)12(8-11)9-16-7-3-6-15-16;;/h3-8,10H,9,14H2,1-2H3;2*1H. The smallest absolute Gasteiger partial charge is 0.123 e. The van der Waals surface area contributed by atoms with E-state index in [2.05, 4.69) is 11.2 Å². The molecule has 2 aromatic rings. The molecule has 0 aliphatic carbocycles. The number of hydrogen-bond acceptors (Lipinski definition) is 3. The second kappa shape index (κ2) is 8.04. The van der Waals surface area contributed by atoms with Crippen LogP contribution in [0.4, 0.5) is 0 Å². The SMILES string of the molecule is COc1ccc(C(C)N)cc1Cn1cccn1.Cl.Cl. The summed E-state index contributed by atoms with van der Waals surface area (Å²) in [5, 5.41) is 4.19. The first-order valence-electron chi connectivity index (χ1n) is 5.60. The highest BCUT2D eigenvalue weighted by Crippen LogP contribution is 2.23. The first-order valence-corrected chi connectivity index (χ1v) is 5.60. The second-order valence-corrected chi connectivity index (χ2v) is 4.06. The largest absolute Gasteiger partial charge is 0.496 e. The summed E-state index contributed by atoms with van der Waals surface area (Å²) in [6.45, 7) is 2.66. The van der Waals surface area contributed by atoms with Gasteiger partial charge in [-0.25, -0.2) is 0 Å². The van der Waals surface area contributed by atoms with E-state index in [4.69, 9.17) is 10.5 Å². The fourth-order valence-electron chi connectivity index (χ4n) is 1.77. The van der Waals surface area contributed by atoms with Gasteiger partial charge in [0.05, 0.1) is 13.7 Å². The van der Waals surface area contributed by atoms with Crippen molar-refractivity contribution in [3.05, 3.63) is 47.8 Å². The number of nitrogens with zero attached hydrogens (tertiary/aromatic N) is 2. The Morgan fingerprint density at radius 2 is 2.11 bits per heavy atom. The fourth-order valence-corrected chi connectivity index (χ4v) is 1.77. The maximum atomic E-state index is 5.88. The highest BCUT2D eigenvalue weighted by molar-refractivity contribution is 5.85. The van der Waals surface area contributed by atoms with Crippen LogP contribution in [0.1, 0.15) is 24.1 Å². The molecule has 106 valence electrons. The number of aromatic nitrogens is 2. The van der Waals surface area contributed by atoms with E-state index in [-0.39, 0.29) is 30.9 Å². The molecule has 1 unspecified atom stereocenters. The van der Waals surface area contributed by atoms with Gasteiger partial charge in [-0.05, 0) is 30.7 Å². The Hall–Kier alpha value is -1.23. The van der Waals surface area contributed by atoms with Gasteiger partial charge in [0.2, 0.25) is 0 Å². The van der Waals surface area contributed by atoms with Gasteiger partial charge in [0.15, 0.2) is 0 Å². The summed E-state index contributed by atoms with van der Waals surface area (Å²) in [6.07, 6.45) is 3.69. The van der Waals surface area contributed by atoms with Crippen LogP contribution in [0.3, 0.4) is 0 Å². The number of nitrogens with two attached hydrogens (primary N) is 1. The van der Waals surface area contributed by atoms with E-state index >= 15 is 0 Å². The Bertz CT molecular complexity index is 487. The number of halogens is 2. The maximum Gasteiger partial charge on any atom is 0.123 e. The van der Waals surface area contributed by atoms with Crippen LogP contribution >= 0.6 is 24.8 Å². The third-order valence-corrected chi connectivity index (χ3v) is 2.72. The summed E-state index contributed by atoms with van der Waals surface area (Å²) >= 11 is 0. The molecule has 1 aromatic heterocycles. The van der Waals surface area contributed by atoms with Gasteiger partial charge >= 0.3 is 0 Å². The monoisotopic (exact) mass is 303 g/mol. The summed E-state index contributed by atoms with van der Waals surface area (Å²) in [6, 6.07) is 7.96. The van der Waals surface area contributed by atoms with Crippen LogP contribution in [-0.4, -0.2) is 16.9 Å². The van der Waals surface area contributed by atoms with Gasteiger partial charge < -0.3 is 10.5 Å². The topological polar surface area (TPSA) is 53.1 Å². The van der Waals surface area contributed by atoms with Crippen LogP contribution in [-0.2, 0) is 6.54 Å². The van der Waals surface area contributed by atoms with Crippen molar-refractivity contribution in [2.24, 2.45) is 5.73 Å². The maximum absolute atomic E-state index is 5.88. The Morgan fingerprint density at radius 1 is 1.37 bits per heavy atom. The summed E-state index contributed by atoms with van der Waals surface area (Å²) in [4.78, 5) is 0. The van der Waals surface area contributed by atoms with Crippen molar-refractivity contribution < 1.29 is 4.74 Å². The van der Waals surface area contributed by atoms with Gasteiger partial charge in [-0.3, -0.25) is 4.68 Å². The van der Waals surface area contributed by atoms with Crippen molar-refractivity contribution in [3.8, 4) is 5.75 Å². The summed E-state index contributed by atoms with van der Waals surface area (Å²) < 4.78 is 7.21. The number of rotatable bonds is 4. The number of hydrogen-bond donors (Lipinski definition) is 1. The predicted octanol–water partition coefficient (Wildman–Crippen LogP) is 2.80. The van der Waals surface area contributed by atoms with E-state index < -0.39 is 0 Å². The Labute approximate surface area is 125 Å². The third kappa shape index (κ3) is 4.42. The normalized spacial score (nSPS) is 11.1. The van der Waals surface area contributed by atoms with Gasteiger partial charge in [0.1, 0.15) is 5.75 Å². The lowest BCUT2D eigenvalue weighted by Gasteiger charge is -2.12. The van der Waals surface area contributed by atoms with Crippen molar-refractivity contribution in [2.75, 3.05) is 7.11 Å². The van der Waals surface area contributed by atoms with Gasteiger partial charge in [0, 0.05) is 24.0 Å². The lowest BCUT2D eigenvalue weighted by molar-refractivity contribution is 0.407. The molecule has 2 N–H and O–H groups in total. The van der Waals surface area contributed by atoms with Crippen LogP contribution in [0.25, 0.3) is 0 Å². The Morgan fingerprint density at radius 3 is 2.63 bits per heavy atom. The third-order valence-electron chi connectivity index (χ3n) is 2.72. The van der Waals surface area contributed by atoms with Crippen LogP contribution in [0, 0.1) is 0 Å². The molecule has 1 heterocycles. The van der Waals surface area contributed by atoms with Gasteiger partial charge in [-0.15, -0.1) is 24.8 Å². The molecule has 2 rings (SSSR count). The molecule has 0 saturated carbocycles. The molecule has 6 heteroatoms. The van der Waals surface area contributed by atoms with Gasteiger partial charge in [-0.1, -0.05) is 6.07 Å². The van der Waals surface area contributed by atoms with Crippen molar-refractivity contribution in [1.29, 1.82) is 0 Å². The molecule has 0 bridgehead atoms. The molecule has 0 amide bonds. The molecule has 0 saturated heterocycles. The summed E-state index contributed by atoms with van der Waals surface area (Å²) in [7, 11) is 1.67. The minimum atomic E-state index is 0. The van der Waals surface area contributed by atoms with Crippen molar-refractivity contribution in [2.45, 2.75) is 19.5 Å². The van der Waals surface area contributed by atoms with E-state index in [0.29, 0.717) is 6.54 Å². The zero-order chi connectivity index (χ0) is 12.3. The van der Waals surface area contributed by atoms with Crippen molar-refractivity contribution in [3.63, 3.8) is 0 Å². The van der Waals surface area contributed by atoms with E-state index in [0.717, 1.165) is 16.9 Å². The Kier molecular flexibility index (Phi) is 7.52. The number of benzene rings is 1. The van der Waals surface area contributed by atoms with E-state index in [1.165, 1.54) is 0 Å². The van der Waals surface area contributed by atoms with E-state index in [1.807, 2.05) is 36.0 Å². The van der Waals surface area contributed by atoms with E-state index in [9.17, 15) is 0 Å². The molecule has 0 spiro atoms. The second-order valence-electron chi connectivity index (χ2n) is 4.06. The average Bonchev–Trinajstić information content (AvgIpc) is 2.81. The van der Waals surface area contributed by atoms with Crippen molar-refractivity contribution >= 4 is 24.8 Å². The molecule has 0 aliphatic rings. The molecule has 4 nitrogen and oxygen atoms in total. The predicted molar refractivity (Wildman–Crippen MR) is 81.4 cm³/mol. The molecule has 1 aromatic carbocycles. The minimum absolute atomic E-state index is 0. The fraction of sp³-hybridized carbons (Fsp3) is 0.308. The van der Waals surface area contributed by atoms with Crippen LogP contribution in [0.5, 0.6) is 5.75 Å². The van der Waals surface area contributed by atoms with Gasteiger partial charge in [0.25, 0.3) is 0 Å². The Balaban J connectivity index is 0.00000162. The molecule has 0 radical (unpaired) electrons. The lowest BCUT2D eigenvalue weighted by Crippen LogP contribution is -2.08. The van der Waals surface area contributed by atoms with Crippen LogP contribution in [0.15, 0.2) is 36.7 Å². The zero-order valence-electron chi connectivity index (χ0n) is 10.9. The number of ether oxygens (including phenoxy) is 1. The van der Waals surface area contributed by atoms with Crippen LogP contribution < -0.4 is 10.5 Å². The van der Waals surface area contributed by atoms with Gasteiger partial charge in [-0.2, -0.15) is 5.10 Å². The zero-order valence-corrected chi connectivity index (χ0v) is 12.6. The highest BCUT2D eigenvalue weighted by atomic mass is 35.5. The quantitative estimate of drug-likeness (QED) is 0.945. The molecule has 1 atom stereocenters. The van der Waals surface area contributed by atoms with E-state index in [1.54, 1.807) is 13.3 Å². The van der Waals surface area contributed by atoms with Crippen molar-refractivity contribution in [1.82, 2.24) is 9.78 Å². The highest BCUT2D eigenvalue weighted by Gasteiger charge is 2.07. The molecular weight excluding hydrogens is 285 g/mol. The number of methoxy groups -OCH3 is 1.